The first-order valence-electron chi connectivity index (χ1n) is 8.78. The zero-order valence-electron chi connectivity index (χ0n) is 14.9. The molecule has 144 valence electrons. The lowest BCUT2D eigenvalue weighted by atomic mass is 10.2. The monoisotopic (exact) mass is 409 g/mol. The zero-order chi connectivity index (χ0) is 19.2. The normalized spacial score (nSPS) is 17.4. The minimum atomic E-state index is -0.723. The average Bonchev–Trinajstić information content (AvgIpc) is 3.17. The van der Waals surface area contributed by atoms with Gasteiger partial charge in [-0.3, -0.25) is 4.79 Å². The molecule has 2 aromatic rings. The molecule has 0 bridgehead atoms. The molecule has 7 heteroatoms. The second-order valence-corrected chi connectivity index (χ2v) is 7.14. The molecule has 3 rings (SSSR count). The molecule has 1 aliphatic heterocycles. The van der Waals surface area contributed by atoms with Gasteiger partial charge >= 0.3 is 0 Å². The molecule has 0 spiro atoms. The van der Waals surface area contributed by atoms with Crippen LogP contribution in [0.3, 0.4) is 0 Å². The van der Waals surface area contributed by atoms with E-state index in [0.717, 1.165) is 25.2 Å². The summed E-state index contributed by atoms with van der Waals surface area (Å²) in [6.45, 7) is 3.00. The van der Waals surface area contributed by atoms with Crippen LogP contribution in [0.2, 0.25) is 10.0 Å². The lowest BCUT2D eigenvalue weighted by Gasteiger charge is -2.16. The lowest BCUT2D eigenvalue weighted by Crippen LogP contribution is -2.30. The summed E-state index contributed by atoms with van der Waals surface area (Å²) < 4.78 is 16.9. The maximum absolute atomic E-state index is 12.3. The Labute approximate surface area is 168 Å². The predicted octanol–water partition coefficient (Wildman–Crippen LogP) is 4.96. The van der Waals surface area contributed by atoms with Crippen molar-refractivity contribution >= 4 is 34.8 Å². The number of halogens is 2. The Morgan fingerprint density at radius 3 is 2.70 bits per heavy atom. The summed E-state index contributed by atoms with van der Waals surface area (Å²) in [7, 11) is 0. The van der Waals surface area contributed by atoms with Crippen molar-refractivity contribution in [3.05, 3.63) is 52.5 Å². The molecule has 1 N–H and O–H groups in total. The summed E-state index contributed by atoms with van der Waals surface area (Å²) in [6.07, 6.45) is 1.56. The molecular formula is C20H21Cl2NO4. The van der Waals surface area contributed by atoms with Crippen molar-refractivity contribution < 1.29 is 19.0 Å². The van der Waals surface area contributed by atoms with E-state index in [1.807, 2.05) is 12.1 Å². The van der Waals surface area contributed by atoms with E-state index in [-0.39, 0.29) is 12.0 Å². The van der Waals surface area contributed by atoms with Crippen molar-refractivity contribution in [2.24, 2.45) is 0 Å². The Balaban J connectivity index is 1.50. The van der Waals surface area contributed by atoms with Crippen LogP contribution in [0, 0.1) is 0 Å². The van der Waals surface area contributed by atoms with Gasteiger partial charge < -0.3 is 19.5 Å². The van der Waals surface area contributed by atoms with Crippen LogP contribution in [0.5, 0.6) is 11.5 Å². The third kappa shape index (κ3) is 5.76. The summed E-state index contributed by atoms with van der Waals surface area (Å²) >= 11 is 11.9. The molecule has 1 heterocycles. The molecule has 0 saturated carbocycles. The number of hydrogen-bond donors (Lipinski definition) is 1. The van der Waals surface area contributed by atoms with Crippen LogP contribution in [0.15, 0.2) is 42.5 Å². The number of carbonyl (C=O) groups is 1. The largest absolute Gasteiger partial charge is 0.491 e. The summed E-state index contributed by atoms with van der Waals surface area (Å²) in [4.78, 5) is 12.3. The fourth-order valence-electron chi connectivity index (χ4n) is 2.66. The average molecular weight is 410 g/mol. The fourth-order valence-corrected chi connectivity index (χ4v) is 3.11. The molecule has 2 atom stereocenters. The third-order valence-corrected chi connectivity index (χ3v) is 4.68. The molecule has 1 fully saturated rings. The number of benzene rings is 2. The number of ether oxygens (including phenoxy) is 3. The van der Waals surface area contributed by atoms with Crippen molar-refractivity contribution in [3.63, 3.8) is 0 Å². The molecule has 0 aromatic heterocycles. The molecule has 1 saturated heterocycles. The lowest BCUT2D eigenvalue weighted by molar-refractivity contribution is -0.122. The quantitative estimate of drug-likeness (QED) is 0.701. The van der Waals surface area contributed by atoms with Gasteiger partial charge in [-0.15, -0.1) is 0 Å². The highest BCUT2D eigenvalue weighted by atomic mass is 35.5. The second kappa shape index (κ2) is 9.31. The first kappa shape index (κ1) is 19.8. The predicted molar refractivity (Wildman–Crippen MR) is 106 cm³/mol. The van der Waals surface area contributed by atoms with Crippen molar-refractivity contribution in [1.29, 1.82) is 0 Å². The third-order valence-electron chi connectivity index (χ3n) is 4.15. The number of amides is 1. The van der Waals surface area contributed by atoms with Gasteiger partial charge in [0.2, 0.25) is 0 Å². The minimum Gasteiger partial charge on any atom is -0.491 e. The number of nitrogens with one attached hydrogen (secondary N) is 1. The van der Waals surface area contributed by atoms with E-state index >= 15 is 0 Å². The van der Waals surface area contributed by atoms with Gasteiger partial charge in [-0.1, -0.05) is 23.2 Å². The molecule has 2 aromatic carbocycles. The van der Waals surface area contributed by atoms with Gasteiger partial charge in [0.25, 0.3) is 5.91 Å². The van der Waals surface area contributed by atoms with Crippen molar-refractivity contribution in [3.8, 4) is 11.5 Å². The maximum Gasteiger partial charge on any atom is 0.265 e. The Kier molecular flexibility index (Phi) is 6.83. The van der Waals surface area contributed by atoms with Crippen molar-refractivity contribution in [2.75, 3.05) is 18.5 Å². The highest BCUT2D eigenvalue weighted by Gasteiger charge is 2.17. The molecule has 27 heavy (non-hydrogen) atoms. The molecule has 2 unspecified atom stereocenters. The summed E-state index contributed by atoms with van der Waals surface area (Å²) in [6, 6.07) is 12.0. The van der Waals surface area contributed by atoms with Gasteiger partial charge in [-0.05, 0) is 62.2 Å². The van der Waals surface area contributed by atoms with Gasteiger partial charge in [0, 0.05) is 17.3 Å². The van der Waals surface area contributed by atoms with E-state index in [9.17, 15) is 4.79 Å². The van der Waals surface area contributed by atoms with E-state index in [1.165, 1.54) is 0 Å². The van der Waals surface area contributed by atoms with E-state index in [1.54, 1.807) is 37.3 Å². The van der Waals surface area contributed by atoms with Crippen LogP contribution in [-0.4, -0.2) is 31.3 Å². The van der Waals surface area contributed by atoms with Gasteiger partial charge in [-0.25, -0.2) is 0 Å². The molecule has 0 aliphatic carbocycles. The standard InChI is InChI=1S/C20H21Cl2NO4/c1-13(27-19-9-4-14(21)11-18(19)22)20(24)23-15-5-7-16(8-6-15)26-12-17-3-2-10-25-17/h4-9,11,13,17H,2-3,10,12H2,1H3,(H,23,24). The van der Waals surface area contributed by atoms with Crippen LogP contribution in [-0.2, 0) is 9.53 Å². The Morgan fingerprint density at radius 2 is 2.04 bits per heavy atom. The Bertz CT molecular complexity index is 776. The molecule has 1 amide bonds. The number of carbonyl (C=O) groups excluding carboxylic acids is 1. The molecule has 1 aliphatic rings. The summed E-state index contributed by atoms with van der Waals surface area (Å²) in [5.41, 5.74) is 0.655. The smallest absolute Gasteiger partial charge is 0.265 e. The van der Waals surface area contributed by atoms with Gasteiger partial charge in [0.1, 0.15) is 18.1 Å². The maximum atomic E-state index is 12.3. The number of rotatable bonds is 7. The molecule has 0 radical (unpaired) electrons. The van der Waals surface area contributed by atoms with E-state index < -0.39 is 6.10 Å². The Hall–Kier alpha value is -1.95. The Morgan fingerprint density at radius 1 is 1.26 bits per heavy atom. The van der Waals surface area contributed by atoms with Crippen molar-refractivity contribution in [2.45, 2.75) is 32.0 Å². The van der Waals surface area contributed by atoms with Crippen LogP contribution in [0.4, 0.5) is 5.69 Å². The van der Waals surface area contributed by atoms with Crippen LogP contribution in [0.25, 0.3) is 0 Å². The topological polar surface area (TPSA) is 56.8 Å². The van der Waals surface area contributed by atoms with Gasteiger partial charge in [0.15, 0.2) is 6.10 Å². The van der Waals surface area contributed by atoms with E-state index in [2.05, 4.69) is 5.32 Å². The highest BCUT2D eigenvalue weighted by Crippen LogP contribution is 2.28. The van der Waals surface area contributed by atoms with Crippen LogP contribution in [0.1, 0.15) is 19.8 Å². The molecule has 5 nitrogen and oxygen atoms in total. The number of anilines is 1. The van der Waals surface area contributed by atoms with Crippen LogP contribution < -0.4 is 14.8 Å². The van der Waals surface area contributed by atoms with E-state index in [4.69, 9.17) is 37.4 Å². The highest BCUT2D eigenvalue weighted by molar-refractivity contribution is 6.35. The summed E-state index contributed by atoms with van der Waals surface area (Å²) in [5, 5.41) is 3.67. The van der Waals surface area contributed by atoms with Gasteiger partial charge in [-0.2, -0.15) is 0 Å². The van der Waals surface area contributed by atoms with Gasteiger partial charge in [0.05, 0.1) is 11.1 Å². The first-order chi connectivity index (χ1) is 13.0. The zero-order valence-corrected chi connectivity index (χ0v) is 16.4. The second-order valence-electron chi connectivity index (χ2n) is 6.29. The number of hydrogen-bond acceptors (Lipinski definition) is 4. The first-order valence-corrected chi connectivity index (χ1v) is 9.54. The SMILES string of the molecule is CC(Oc1ccc(Cl)cc1Cl)C(=O)Nc1ccc(OCC2CCCO2)cc1. The van der Waals surface area contributed by atoms with Crippen molar-refractivity contribution in [1.82, 2.24) is 0 Å². The van der Waals surface area contributed by atoms with Crippen LogP contribution >= 0.6 is 23.2 Å². The summed E-state index contributed by atoms with van der Waals surface area (Å²) in [5.74, 6) is 0.858. The minimum absolute atomic E-state index is 0.169. The molecular weight excluding hydrogens is 389 g/mol. The fraction of sp³-hybridized carbons (Fsp3) is 0.350. The van der Waals surface area contributed by atoms with E-state index in [0.29, 0.717) is 28.1 Å².